The summed E-state index contributed by atoms with van der Waals surface area (Å²) >= 11 is 4.68. The Morgan fingerprint density at radius 3 is 2.55 bits per heavy atom. The van der Waals surface area contributed by atoms with Gasteiger partial charge in [0.05, 0.1) is 8.66 Å². The molecule has 0 atom stereocenters. The highest BCUT2D eigenvalue weighted by Gasteiger charge is 2.11. The largest absolute Gasteiger partial charge is 0.345 e. The molecule has 0 spiro atoms. The summed E-state index contributed by atoms with van der Waals surface area (Å²) in [7, 11) is 3.38. The van der Waals surface area contributed by atoms with Crippen molar-refractivity contribution in [2.24, 2.45) is 0 Å². The molecule has 0 aliphatic carbocycles. The summed E-state index contributed by atoms with van der Waals surface area (Å²) in [5.74, 6) is -0.282. The van der Waals surface area contributed by atoms with Gasteiger partial charge in [0, 0.05) is 25.3 Å². The molecule has 0 aliphatic rings. The summed E-state index contributed by atoms with van der Waals surface area (Å²) in [5, 5.41) is 2.79. The predicted molar refractivity (Wildman–Crippen MR) is 84.4 cm³/mol. The van der Waals surface area contributed by atoms with E-state index in [1.165, 1.54) is 16.2 Å². The number of anilines is 1. The van der Waals surface area contributed by atoms with Crippen molar-refractivity contribution in [3.63, 3.8) is 0 Å². The van der Waals surface area contributed by atoms with Crippen LogP contribution in [0.1, 0.15) is 20.0 Å². The zero-order valence-electron chi connectivity index (χ0n) is 11.0. The molecule has 2 rings (SSSR count). The minimum Gasteiger partial charge on any atom is -0.345 e. The van der Waals surface area contributed by atoms with E-state index in [1.807, 2.05) is 6.07 Å². The van der Waals surface area contributed by atoms with E-state index >= 15 is 0 Å². The van der Waals surface area contributed by atoms with Crippen LogP contribution in [0.15, 0.2) is 40.2 Å². The quantitative estimate of drug-likeness (QED) is 0.919. The number of rotatable bonds is 3. The number of carbonyl (C=O) groups excluding carboxylic acids is 2. The highest BCUT2D eigenvalue weighted by molar-refractivity contribution is 9.11. The summed E-state index contributed by atoms with van der Waals surface area (Å²) in [5.41, 5.74) is 1.15. The molecule has 0 saturated carbocycles. The summed E-state index contributed by atoms with van der Waals surface area (Å²) in [6.45, 7) is 0. The minimum atomic E-state index is -0.185. The zero-order valence-corrected chi connectivity index (χ0v) is 13.4. The van der Waals surface area contributed by atoms with E-state index in [2.05, 4.69) is 21.2 Å². The Labute approximate surface area is 129 Å². The fraction of sp³-hybridized carbons (Fsp3) is 0.143. The van der Waals surface area contributed by atoms with Crippen LogP contribution in [0.5, 0.6) is 0 Å². The molecular weight excluding hydrogens is 340 g/mol. The molecule has 1 heterocycles. The maximum absolute atomic E-state index is 12.0. The Balaban J connectivity index is 2.16. The number of halogens is 1. The molecule has 0 radical (unpaired) electrons. The van der Waals surface area contributed by atoms with Gasteiger partial charge in [-0.2, -0.15) is 0 Å². The number of hydrogen-bond donors (Lipinski definition) is 1. The van der Waals surface area contributed by atoms with Gasteiger partial charge in [0.25, 0.3) is 11.8 Å². The predicted octanol–water partition coefficient (Wildman–Crippen LogP) is 3.46. The Morgan fingerprint density at radius 1 is 1.20 bits per heavy atom. The third-order valence-corrected chi connectivity index (χ3v) is 4.19. The Bertz CT molecular complexity index is 652. The molecule has 1 N–H and O–H groups in total. The van der Waals surface area contributed by atoms with Crippen LogP contribution < -0.4 is 5.32 Å². The molecule has 4 nitrogen and oxygen atoms in total. The SMILES string of the molecule is CN(C)C(=O)c1cccc(NC(=O)c2ccc(Br)s2)c1. The van der Waals surface area contributed by atoms with Crippen LogP contribution in [0, 0.1) is 0 Å². The molecule has 0 saturated heterocycles. The van der Waals surface area contributed by atoms with Gasteiger partial charge in [-0.1, -0.05) is 6.07 Å². The van der Waals surface area contributed by atoms with Crippen molar-refractivity contribution in [3.8, 4) is 0 Å². The molecule has 0 unspecified atom stereocenters. The second kappa shape index (κ2) is 6.19. The van der Waals surface area contributed by atoms with Gasteiger partial charge in [-0.15, -0.1) is 11.3 Å². The molecule has 0 aliphatic heterocycles. The van der Waals surface area contributed by atoms with Crippen molar-refractivity contribution in [2.45, 2.75) is 0 Å². The Morgan fingerprint density at radius 2 is 1.95 bits per heavy atom. The average Bonchev–Trinajstić information content (AvgIpc) is 2.85. The van der Waals surface area contributed by atoms with E-state index in [9.17, 15) is 9.59 Å². The van der Waals surface area contributed by atoms with Crippen molar-refractivity contribution in [1.82, 2.24) is 4.90 Å². The lowest BCUT2D eigenvalue weighted by molar-refractivity contribution is 0.0827. The Kier molecular flexibility index (Phi) is 4.57. The van der Waals surface area contributed by atoms with Crippen LogP contribution in [-0.4, -0.2) is 30.8 Å². The first-order valence-corrected chi connectivity index (χ1v) is 7.47. The van der Waals surface area contributed by atoms with Crippen molar-refractivity contribution < 1.29 is 9.59 Å². The van der Waals surface area contributed by atoms with Crippen LogP contribution in [-0.2, 0) is 0 Å². The normalized spacial score (nSPS) is 10.2. The van der Waals surface area contributed by atoms with E-state index in [-0.39, 0.29) is 11.8 Å². The van der Waals surface area contributed by atoms with Crippen molar-refractivity contribution in [3.05, 3.63) is 50.6 Å². The van der Waals surface area contributed by atoms with Crippen LogP contribution in [0.4, 0.5) is 5.69 Å². The molecule has 2 aromatic rings. The number of benzene rings is 1. The van der Waals surface area contributed by atoms with E-state index in [4.69, 9.17) is 0 Å². The third-order valence-electron chi connectivity index (χ3n) is 2.57. The van der Waals surface area contributed by atoms with E-state index in [0.29, 0.717) is 16.1 Å². The van der Waals surface area contributed by atoms with Crippen LogP contribution in [0.25, 0.3) is 0 Å². The average molecular weight is 353 g/mol. The van der Waals surface area contributed by atoms with Gasteiger partial charge < -0.3 is 10.2 Å². The number of hydrogen-bond acceptors (Lipinski definition) is 3. The minimum absolute atomic E-state index is 0.0973. The van der Waals surface area contributed by atoms with E-state index in [1.54, 1.807) is 44.4 Å². The van der Waals surface area contributed by atoms with Gasteiger partial charge in [0.1, 0.15) is 0 Å². The summed E-state index contributed by atoms with van der Waals surface area (Å²) < 4.78 is 0.902. The van der Waals surface area contributed by atoms with E-state index in [0.717, 1.165) is 3.79 Å². The summed E-state index contributed by atoms with van der Waals surface area (Å²) in [6, 6.07) is 10.5. The third kappa shape index (κ3) is 3.46. The van der Waals surface area contributed by atoms with Crippen LogP contribution in [0.2, 0.25) is 0 Å². The number of nitrogens with zero attached hydrogens (tertiary/aromatic N) is 1. The van der Waals surface area contributed by atoms with Gasteiger partial charge in [0.15, 0.2) is 0 Å². The second-order valence-corrected chi connectivity index (χ2v) is 6.80. The highest BCUT2D eigenvalue weighted by atomic mass is 79.9. The lowest BCUT2D eigenvalue weighted by Crippen LogP contribution is -2.21. The molecule has 1 aromatic carbocycles. The maximum atomic E-state index is 12.0. The monoisotopic (exact) mass is 352 g/mol. The standard InChI is InChI=1S/C14H13BrN2O2S/c1-17(2)14(19)9-4-3-5-10(8-9)16-13(18)11-6-7-12(15)20-11/h3-8H,1-2H3,(H,16,18). The van der Waals surface area contributed by atoms with Gasteiger partial charge in [-0.25, -0.2) is 0 Å². The summed E-state index contributed by atoms with van der Waals surface area (Å²) in [6.07, 6.45) is 0. The number of nitrogens with one attached hydrogen (secondary N) is 1. The van der Waals surface area contributed by atoms with Crippen LogP contribution in [0.3, 0.4) is 0 Å². The maximum Gasteiger partial charge on any atom is 0.265 e. The molecule has 2 amide bonds. The summed E-state index contributed by atoms with van der Waals surface area (Å²) in [4.78, 5) is 26.0. The number of amides is 2. The first-order valence-electron chi connectivity index (χ1n) is 5.86. The van der Waals surface area contributed by atoms with Gasteiger partial charge in [-0.3, -0.25) is 9.59 Å². The smallest absolute Gasteiger partial charge is 0.265 e. The number of carbonyl (C=O) groups is 2. The van der Waals surface area contributed by atoms with E-state index < -0.39 is 0 Å². The second-order valence-electron chi connectivity index (χ2n) is 4.34. The van der Waals surface area contributed by atoms with Crippen LogP contribution >= 0.6 is 27.3 Å². The fourth-order valence-electron chi connectivity index (χ4n) is 1.62. The molecule has 20 heavy (non-hydrogen) atoms. The topological polar surface area (TPSA) is 49.4 Å². The molecule has 1 aromatic heterocycles. The lowest BCUT2D eigenvalue weighted by atomic mass is 10.2. The van der Waals surface area contributed by atoms with Crippen molar-refractivity contribution in [2.75, 3.05) is 19.4 Å². The molecular formula is C14H13BrN2O2S. The highest BCUT2D eigenvalue weighted by Crippen LogP contribution is 2.23. The zero-order chi connectivity index (χ0) is 14.7. The molecule has 0 fully saturated rings. The molecule has 0 bridgehead atoms. The van der Waals surface area contributed by atoms with Crippen molar-refractivity contribution >= 4 is 44.8 Å². The Hall–Kier alpha value is -1.66. The molecule has 104 valence electrons. The number of thiophene rings is 1. The lowest BCUT2D eigenvalue weighted by Gasteiger charge is -2.11. The van der Waals surface area contributed by atoms with Gasteiger partial charge in [-0.05, 0) is 46.3 Å². The fourth-order valence-corrected chi connectivity index (χ4v) is 2.90. The van der Waals surface area contributed by atoms with Crippen molar-refractivity contribution in [1.29, 1.82) is 0 Å². The first-order chi connectivity index (χ1) is 9.47. The molecule has 6 heteroatoms. The van der Waals surface area contributed by atoms with Gasteiger partial charge >= 0.3 is 0 Å². The van der Waals surface area contributed by atoms with Gasteiger partial charge in [0.2, 0.25) is 0 Å². The first kappa shape index (κ1) is 14.7.